The molecule has 0 heterocycles. The van der Waals surface area contributed by atoms with Crippen molar-refractivity contribution in [2.24, 2.45) is 5.73 Å². The average molecular weight is 404 g/mol. The molecule has 0 aromatic heterocycles. The minimum absolute atomic E-state index is 0.00408. The first-order valence-electron chi connectivity index (χ1n) is 6.98. The van der Waals surface area contributed by atoms with Crippen LogP contribution in [0.5, 0.6) is 0 Å². The monoisotopic (exact) mass is 404 g/mol. The van der Waals surface area contributed by atoms with Crippen LogP contribution in [0.4, 0.5) is 0 Å². The van der Waals surface area contributed by atoms with Crippen LogP contribution in [-0.2, 0) is 16.0 Å². The second kappa shape index (κ2) is 9.73. The minimum Gasteiger partial charge on any atom is -0.480 e. The van der Waals surface area contributed by atoms with E-state index >= 15 is 0 Å². The number of aryl methyl sites for hydroxylation is 1. The van der Waals surface area contributed by atoms with E-state index < -0.39 is 12.0 Å². The number of benzene rings is 1. The van der Waals surface area contributed by atoms with Gasteiger partial charge >= 0.3 is 5.97 Å². The van der Waals surface area contributed by atoms with Gasteiger partial charge in [-0.15, -0.1) is 0 Å². The second-order valence-electron chi connectivity index (χ2n) is 4.92. The number of aliphatic carboxylic acids is 1. The lowest BCUT2D eigenvalue weighted by atomic mass is 10.1. The highest BCUT2D eigenvalue weighted by Gasteiger charge is 2.10. The predicted octanol–water partition coefficient (Wildman–Crippen LogP) is 1.92. The average Bonchev–Trinajstić information content (AvgIpc) is 2.45. The fourth-order valence-electron chi connectivity index (χ4n) is 1.87. The van der Waals surface area contributed by atoms with E-state index in [1.165, 1.54) is 9.13 Å². The summed E-state index contributed by atoms with van der Waals surface area (Å²) in [6.07, 6.45) is 3.13. The van der Waals surface area contributed by atoms with E-state index in [-0.39, 0.29) is 5.91 Å². The van der Waals surface area contributed by atoms with Gasteiger partial charge in [-0.25, -0.2) is 0 Å². The van der Waals surface area contributed by atoms with E-state index in [9.17, 15) is 9.59 Å². The third-order valence-corrected chi connectivity index (χ3v) is 3.83. The zero-order valence-electron chi connectivity index (χ0n) is 11.8. The predicted molar refractivity (Wildman–Crippen MR) is 90.0 cm³/mol. The number of hydrogen-bond acceptors (Lipinski definition) is 3. The van der Waals surface area contributed by atoms with Gasteiger partial charge in [-0.05, 0) is 66.0 Å². The number of hydrogen-bond donors (Lipinski definition) is 3. The number of carbonyl (C=O) groups is 2. The van der Waals surface area contributed by atoms with Crippen molar-refractivity contribution in [1.29, 1.82) is 0 Å². The van der Waals surface area contributed by atoms with E-state index in [4.69, 9.17) is 10.8 Å². The molecule has 5 nitrogen and oxygen atoms in total. The lowest BCUT2D eigenvalue weighted by Gasteiger charge is -2.07. The molecule has 0 saturated heterocycles. The largest absolute Gasteiger partial charge is 0.480 e. The van der Waals surface area contributed by atoms with Crippen molar-refractivity contribution in [2.45, 2.75) is 38.1 Å². The van der Waals surface area contributed by atoms with Crippen molar-refractivity contribution in [1.82, 2.24) is 5.32 Å². The summed E-state index contributed by atoms with van der Waals surface area (Å²) in [5.41, 5.74) is 6.61. The Morgan fingerprint density at radius 2 is 1.90 bits per heavy atom. The molecule has 0 aliphatic heterocycles. The lowest BCUT2D eigenvalue weighted by molar-refractivity contribution is -0.138. The Kier molecular flexibility index (Phi) is 8.29. The maximum atomic E-state index is 11.6. The van der Waals surface area contributed by atoms with Crippen LogP contribution in [0.2, 0.25) is 0 Å². The Bertz CT molecular complexity index is 462. The van der Waals surface area contributed by atoms with Crippen molar-refractivity contribution >= 4 is 34.5 Å². The third-order valence-electron chi connectivity index (χ3n) is 3.11. The fraction of sp³-hybridized carbons (Fsp3) is 0.467. The molecule has 0 aliphatic rings. The molecule has 1 rings (SSSR count). The number of carboxylic acids is 1. The van der Waals surface area contributed by atoms with E-state index in [0.29, 0.717) is 25.8 Å². The fourth-order valence-corrected chi connectivity index (χ4v) is 2.23. The van der Waals surface area contributed by atoms with Crippen molar-refractivity contribution in [3.8, 4) is 0 Å². The van der Waals surface area contributed by atoms with Gasteiger partial charge in [0.25, 0.3) is 0 Å². The third kappa shape index (κ3) is 8.01. The Labute approximate surface area is 138 Å². The summed E-state index contributed by atoms with van der Waals surface area (Å²) in [5.74, 6) is -0.997. The van der Waals surface area contributed by atoms with Gasteiger partial charge in [-0.3, -0.25) is 9.59 Å². The molecule has 6 heteroatoms. The van der Waals surface area contributed by atoms with Crippen LogP contribution in [0.3, 0.4) is 0 Å². The Morgan fingerprint density at radius 1 is 1.24 bits per heavy atom. The number of carboxylic acid groups (broad SMARTS) is 1. The Hall–Kier alpha value is -1.15. The molecule has 0 bridgehead atoms. The SMILES string of the molecule is NC(CCCNC(=O)CCCc1ccc(I)cc1)C(=O)O. The molecule has 1 aromatic rings. The first kappa shape index (κ1) is 17.9. The summed E-state index contributed by atoms with van der Waals surface area (Å²) < 4.78 is 1.20. The standard InChI is InChI=1S/C15H21IN2O3/c16-12-8-6-11(7-9-12)3-1-5-14(19)18-10-2-4-13(17)15(20)21/h6-9,13H,1-5,10,17H2,(H,18,19)(H,20,21). The van der Waals surface area contributed by atoms with Crippen LogP contribution in [0.1, 0.15) is 31.2 Å². The molecule has 0 spiro atoms. The Morgan fingerprint density at radius 3 is 2.52 bits per heavy atom. The summed E-state index contributed by atoms with van der Waals surface area (Å²) in [4.78, 5) is 22.1. The summed E-state index contributed by atoms with van der Waals surface area (Å²) >= 11 is 2.26. The van der Waals surface area contributed by atoms with Crippen LogP contribution in [0, 0.1) is 3.57 Å². The van der Waals surface area contributed by atoms with Crippen LogP contribution in [0.25, 0.3) is 0 Å². The van der Waals surface area contributed by atoms with E-state index in [2.05, 4.69) is 52.2 Å². The molecule has 0 fully saturated rings. The summed E-state index contributed by atoms with van der Waals surface area (Å²) in [5, 5.41) is 11.4. The van der Waals surface area contributed by atoms with Crippen molar-refractivity contribution in [2.75, 3.05) is 6.54 Å². The molecule has 1 amide bonds. The topological polar surface area (TPSA) is 92.4 Å². The molecule has 116 valence electrons. The number of carbonyl (C=O) groups excluding carboxylic acids is 1. The zero-order valence-corrected chi connectivity index (χ0v) is 14.0. The molecule has 1 aromatic carbocycles. The number of amides is 1. The first-order valence-corrected chi connectivity index (χ1v) is 8.06. The smallest absolute Gasteiger partial charge is 0.320 e. The molecule has 4 N–H and O–H groups in total. The summed E-state index contributed by atoms with van der Waals surface area (Å²) in [7, 11) is 0. The van der Waals surface area contributed by atoms with Gasteiger partial charge < -0.3 is 16.2 Å². The van der Waals surface area contributed by atoms with Crippen molar-refractivity contribution in [3.05, 3.63) is 33.4 Å². The van der Waals surface area contributed by atoms with E-state index in [1.807, 2.05) is 0 Å². The number of nitrogens with one attached hydrogen (secondary N) is 1. The van der Waals surface area contributed by atoms with Crippen LogP contribution in [0.15, 0.2) is 24.3 Å². The number of halogens is 1. The molecule has 1 unspecified atom stereocenters. The highest BCUT2D eigenvalue weighted by atomic mass is 127. The molecule has 0 radical (unpaired) electrons. The molecule has 0 aliphatic carbocycles. The lowest BCUT2D eigenvalue weighted by Crippen LogP contribution is -2.32. The molecular weight excluding hydrogens is 383 g/mol. The van der Waals surface area contributed by atoms with E-state index in [1.54, 1.807) is 0 Å². The maximum absolute atomic E-state index is 11.6. The van der Waals surface area contributed by atoms with Gasteiger partial charge in [0.05, 0.1) is 0 Å². The summed E-state index contributed by atoms with van der Waals surface area (Å²) in [6, 6.07) is 7.42. The van der Waals surface area contributed by atoms with Crippen LogP contribution in [-0.4, -0.2) is 29.6 Å². The van der Waals surface area contributed by atoms with Gasteiger partial charge in [-0.2, -0.15) is 0 Å². The minimum atomic E-state index is -1.00. The second-order valence-corrected chi connectivity index (χ2v) is 6.16. The van der Waals surface area contributed by atoms with Crippen molar-refractivity contribution in [3.63, 3.8) is 0 Å². The highest BCUT2D eigenvalue weighted by Crippen LogP contribution is 2.09. The molecule has 21 heavy (non-hydrogen) atoms. The number of rotatable bonds is 9. The summed E-state index contributed by atoms with van der Waals surface area (Å²) in [6.45, 7) is 0.476. The Balaban J connectivity index is 2.09. The van der Waals surface area contributed by atoms with Gasteiger partial charge in [-0.1, -0.05) is 12.1 Å². The van der Waals surface area contributed by atoms with Crippen LogP contribution < -0.4 is 11.1 Å². The van der Waals surface area contributed by atoms with Gasteiger partial charge in [0, 0.05) is 16.5 Å². The quantitative estimate of drug-likeness (QED) is 0.433. The number of nitrogens with two attached hydrogens (primary N) is 1. The molecular formula is C15H21IN2O3. The zero-order chi connectivity index (χ0) is 15.7. The van der Waals surface area contributed by atoms with Crippen molar-refractivity contribution < 1.29 is 14.7 Å². The van der Waals surface area contributed by atoms with Gasteiger partial charge in [0.2, 0.25) is 5.91 Å². The van der Waals surface area contributed by atoms with E-state index in [0.717, 1.165) is 12.8 Å². The highest BCUT2D eigenvalue weighted by molar-refractivity contribution is 14.1. The normalized spacial score (nSPS) is 11.9. The van der Waals surface area contributed by atoms with Gasteiger partial charge in [0.15, 0.2) is 0 Å². The maximum Gasteiger partial charge on any atom is 0.320 e. The van der Waals surface area contributed by atoms with Gasteiger partial charge in [0.1, 0.15) is 6.04 Å². The molecule has 1 atom stereocenters. The van der Waals surface area contributed by atoms with Crippen LogP contribution >= 0.6 is 22.6 Å². The molecule has 0 saturated carbocycles. The first-order chi connectivity index (χ1) is 9.99.